The molecule has 1 N–H and O–H groups in total. The van der Waals surface area contributed by atoms with Crippen LogP contribution in [0, 0.1) is 17.0 Å². The van der Waals surface area contributed by atoms with Gasteiger partial charge in [0.25, 0.3) is 0 Å². The van der Waals surface area contributed by atoms with Crippen molar-refractivity contribution in [2.24, 2.45) is 5.41 Å². The average Bonchev–Trinajstić information content (AvgIpc) is 3.45. The van der Waals surface area contributed by atoms with Gasteiger partial charge >= 0.3 is 0 Å². The lowest BCUT2D eigenvalue weighted by Crippen LogP contribution is -2.38. The summed E-state index contributed by atoms with van der Waals surface area (Å²) in [7, 11) is 0. The van der Waals surface area contributed by atoms with Crippen LogP contribution in [0.25, 0.3) is 22.8 Å². The summed E-state index contributed by atoms with van der Waals surface area (Å²) in [5.74, 6) is -0.805. The molecule has 2 aliphatic rings. The van der Waals surface area contributed by atoms with Crippen molar-refractivity contribution >= 4 is 0 Å². The molecule has 1 saturated carbocycles. The fourth-order valence-corrected chi connectivity index (χ4v) is 5.71. The Morgan fingerprint density at radius 1 is 1.03 bits per heavy atom. The lowest BCUT2D eigenvalue weighted by molar-refractivity contribution is 0.242. The highest BCUT2D eigenvalue weighted by molar-refractivity contribution is 5.64. The lowest BCUT2D eigenvalue weighted by Gasteiger charge is -2.37. The first-order valence-electron chi connectivity index (χ1n) is 10.3. The summed E-state index contributed by atoms with van der Waals surface area (Å²) in [6.45, 7) is 4.36. The number of nitrogens with zero attached hydrogens (tertiary/aromatic N) is 7. The zero-order valence-electron chi connectivity index (χ0n) is 17.3. The largest absolute Gasteiger partial charge is 0.260 e. The predicted octanol–water partition coefficient (Wildman–Crippen LogP) is 3.60. The standard InChI is InChI=1S/C22H18F2N8/c1-21(2)12-6-7-22(21,17-10-25-9-16(26-17)20-29-31-32-30-20)19-11(12)8-15(27-28-19)18-13(23)4-3-5-14(18)24/h3-5,8-10,12H,6-7H2,1-2H3,(H,29,30,31,32)/t12-,22+/m0/s1. The summed E-state index contributed by atoms with van der Waals surface area (Å²) in [4.78, 5) is 9.23. The number of nitrogens with one attached hydrogen (secondary N) is 1. The summed E-state index contributed by atoms with van der Waals surface area (Å²) in [6, 6.07) is 5.58. The van der Waals surface area contributed by atoms with Gasteiger partial charge < -0.3 is 0 Å². The van der Waals surface area contributed by atoms with E-state index in [1.807, 2.05) is 0 Å². The molecule has 2 aliphatic carbocycles. The summed E-state index contributed by atoms with van der Waals surface area (Å²) < 4.78 is 28.8. The highest BCUT2D eigenvalue weighted by atomic mass is 19.1. The highest BCUT2D eigenvalue weighted by Crippen LogP contribution is 2.69. The van der Waals surface area contributed by atoms with E-state index >= 15 is 0 Å². The van der Waals surface area contributed by atoms with Crippen molar-refractivity contribution < 1.29 is 8.78 Å². The van der Waals surface area contributed by atoms with Crippen LogP contribution in [-0.2, 0) is 5.41 Å². The number of hydrogen-bond acceptors (Lipinski definition) is 7. The van der Waals surface area contributed by atoms with Crippen molar-refractivity contribution in [3.05, 3.63) is 65.2 Å². The molecule has 0 spiro atoms. The number of H-pyrrole nitrogens is 1. The minimum absolute atomic E-state index is 0.150. The van der Waals surface area contributed by atoms with Gasteiger partial charge in [0, 0.05) is 6.20 Å². The maximum absolute atomic E-state index is 14.4. The third kappa shape index (κ3) is 2.32. The molecule has 160 valence electrons. The molecule has 10 heteroatoms. The molecule has 2 bridgehead atoms. The van der Waals surface area contributed by atoms with E-state index in [1.54, 1.807) is 18.5 Å². The number of tetrazole rings is 1. The van der Waals surface area contributed by atoms with Gasteiger partial charge in [0.05, 0.1) is 34.3 Å². The number of fused-ring (bicyclic) bond motifs is 5. The summed E-state index contributed by atoms with van der Waals surface area (Å²) in [6.07, 6.45) is 5.06. The molecule has 3 heterocycles. The smallest absolute Gasteiger partial charge is 0.224 e. The molecule has 2 atom stereocenters. The van der Waals surface area contributed by atoms with E-state index in [1.165, 1.54) is 18.2 Å². The molecule has 1 fully saturated rings. The highest BCUT2D eigenvalue weighted by Gasteiger charge is 2.65. The normalized spacial score (nSPS) is 22.8. The number of benzene rings is 1. The first-order valence-corrected chi connectivity index (χ1v) is 10.3. The molecule has 32 heavy (non-hydrogen) atoms. The Morgan fingerprint density at radius 3 is 2.59 bits per heavy atom. The molecule has 1 aromatic carbocycles. The van der Waals surface area contributed by atoms with Gasteiger partial charge in [0.1, 0.15) is 17.3 Å². The van der Waals surface area contributed by atoms with Gasteiger partial charge in [-0.05, 0) is 53.2 Å². The van der Waals surface area contributed by atoms with E-state index in [9.17, 15) is 8.78 Å². The molecular formula is C22H18F2N8. The van der Waals surface area contributed by atoms with Crippen LogP contribution in [0.2, 0.25) is 0 Å². The van der Waals surface area contributed by atoms with E-state index in [0.29, 0.717) is 11.5 Å². The van der Waals surface area contributed by atoms with Crippen molar-refractivity contribution in [1.82, 2.24) is 40.8 Å². The zero-order valence-corrected chi connectivity index (χ0v) is 17.3. The van der Waals surface area contributed by atoms with E-state index < -0.39 is 17.0 Å². The molecule has 3 aromatic heterocycles. The van der Waals surface area contributed by atoms with Crippen LogP contribution in [0.4, 0.5) is 8.78 Å². The van der Waals surface area contributed by atoms with Crippen molar-refractivity contribution in [3.8, 4) is 22.8 Å². The summed E-state index contributed by atoms with van der Waals surface area (Å²) in [5, 5.41) is 22.8. The molecule has 8 nitrogen and oxygen atoms in total. The van der Waals surface area contributed by atoms with E-state index in [0.717, 1.165) is 29.8 Å². The van der Waals surface area contributed by atoms with Crippen molar-refractivity contribution in [2.75, 3.05) is 0 Å². The van der Waals surface area contributed by atoms with Crippen LogP contribution in [0.1, 0.15) is 49.6 Å². The Hall–Kier alpha value is -3.69. The minimum atomic E-state index is -0.657. The third-order valence-electron chi connectivity index (χ3n) is 7.25. The Bertz CT molecular complexity index is 1330. The van der Waals surface area contributed by atoms with Crippen molar-refractivity contribution in [3.63, 3.8) is 0 Å². The second kappa shape index (κ2) is 6.41. The number of halogens is 2. The first kappa shape index (κ1) is 19.0. The summed E-state index contributed by atoms with van der Waals surface area (Å²) >= 11 is 0. The maximum Gasteiger partial charge on any atom is 0.224 e. The van der Waals surface area contributed by atoms with Gasteiger partial charge in [-0.15, -0.1) is 15.3 Å². The van der Waals surface area contributed by atoms with Gasteiger partial charge in [-0.25, -0.2) is 13.8 Å². The predicted molar refractivity (Wildman–Crippen MR) is 109 cm³/mol. The van der Waals surface area contributed by atoms with Crippen LogP contribution >= 0.6 is 0 Å². The molecular weight excluding hydrogens is 414 g/mol. The van der Waals surface area contributed by atoms with E-state index in [2.05, 4.69) is 49.7 Å². The number of hydrogen-bond donors (Lipinski definition) is 1. The Morgan fingerprint density at radius 2 is 1.84 bits per heavy atom. The van der Waals surface area contributed by atoms with Gasteiger partial charge in [-0.2, -0.15) is 10.3 Å². The topological polar surface area (TPSA) is 106 Å². The number of aromatic amines is 1. The number of aromatic nitrogens is 8. The molecule has 0 unspecified atom stereocenters. The minimum Gasteiger partial charge on any atom is -0.260 e. The van der Waals surface area contributed by atoms with Gasteiger partial charge in [0.15, 0.2) is 0 Å². The SMILES string of the molecule is CC1(C)[C@H]2CC[C@@]1(c1cncc(-c3nn[nH]n3)n1)c1nnc(-c3c(F)cccc3F)cc12. The molecule has 0 aliphatic heterocycles. The van der Waals surface area contributed by atoms with Crippen LogP contribution in [0.5, 0.6) is 0 Å². The van der Waals surface area contributed by atoms with Crippen LogP contribution < -0.4 is 0 Å². The molecule has 0 amide bonds. The summed E-state index contributed by atoms with van der Waals surface area (Å²) in [5.41, 5.74) is 2.28. The Balaban J connectivity index is 1.54. The fraction of sp³-hybridized carbons (Fsp3) is 0.318. The molecule has 0 saturated heterocycles. The second-order valence-electron chi connectivity index (χ2n) is 8.87. The second-order valence-corrected chi connectivity index (χ2v) is 8.87. The molecule has 4 aromatic rings. The Labute approximate surface area is 181 Å². The maximum atomic E-state index is 14.4. The molecule has 6 rings (SSSR count). The van der Waals surface area contributed by atoms with Crippen molar-refractivity contribution in [2.45, 2.75) is 38.0 Å². The van der Waals surface area contributed by atoms with Gasteiger partial charge in [-0.3, -0.25) is 4.98 Å². The van der Waals surface area contributed by atoms with E-state index in [4.69, 9.17) is 4.98 Å². The number of rotatable bonds is 3. The lowest BCUT2D eigenvalue weighted by atomic mass is 9.66. The van der Waals surface area contributed by atoms with Gasteiger partial charge in [-0.1, -0.05) is 19.9 Å². The fourth-order valence-electron chi connectivity index (χ4n) is 5.71. The van der Waals surface area contributed by atoms with Crippen LogP contribution in [0.15, 0.2) is 36.7 Å². The van der Waals surface area contributed by atoms with Crippen LogP contribution in [0.3, 0.4) is 0 Å². The average molecular weight is 432 g/mol. The van der Waals surface area contributed by atoms with Gasteiger partial charge in [0.2, 0.25) is 5.82 Å². The van der Waals surface area contributed by atoms with E-state index in [-0.39, 0.29) is 22.6 Å². The molecule has 0 radical (unpaired) electrons. The monoisotopic (exact) mass is 432 g/mol. The van der Waals surface area contributed by atoms with Crippen molar-refractivity contribution in [1.29, 1.82) is 0 Å². The third-order valence-corrected chi connectivity index (χ3v) is 7.25. The Kier molecular flexibility index (Phi) is 3.81. The quantitative estimate of drug-likeness (QED) is 0.527. The zero-order chi connectivity index (χ0) is 22.1. The first-order chi connectivity index (χ1) is 15.4. The van der Waals surface area contributed by atoms with Crippen LogP contribution in [-0.4, -0.2) is 40.8 Å².